The van der Waals surface area contributed by atoms with Crippen molar-refractivity contribution in [2.75, 3.05) is 0 Å². The molecule has 2 heterocycles. The summed E-state index contributed by atoms with van der Waals surface area (Å²) >= 11 is 3.54. The van der Waals surface area contributed by atoms with E-state index in [0.717, 1.165) is 11.0 Å². The Morgan fingerprint density at radius 1 is 0.909 bits per heavy atom. The lowest BCUT2D eigenvalue weighted by atomic mass is 10.2. The third-order valence-corrected chi connectivity index (χ3v) is 4.26. The molecule has 2 aromatic heterocycles. The van der Waals surface area contributed by atoms with Crippen LogP contribution in [0.15, 0.2) is 71.5 Å². The zero-order valence-corrected chi connectivity index (χ0v) is 14.9. The molecule has 0 bridgehead atoms. The van der Waals surface area contributed by atoms with Gasteiger partial charge in [-0.1, -0.05) is 46.3 Å². The van der Waals surface area contributed by atoms with Crippen LogP contribution in [-0.2, 0) is 6.54 Å². The molecule has 22 heavy (non-hydrogen) atoms. The summed E-state index contributed by atoms with van der Waals surface area (Å²) < 4.78 is 3.32. The largest absolute Gasteiger partial charge is 1.00 e. The molecule has 0 unspecified atom stereocenters. The first-order valence-corrected chi connectivity index (χ1v) is 7.73. The van der Waals surface area contributed by atoms with Crippen molar-refractivity contribution in [1.82, 2.24) is 4.98 Å². The molecule has 0 spiro atoms. The summed E-state index contributed by atoms with van der Waals surface area (Å²) in [6.07, 6.45) is 4.32. The molecular weight excluding hydrogens is 404 g/mol. The summed E-state index contributed by atoms with van der Waals surface area (Å²) in [5.74, 6) is 0. The number of halogens is 2. The maximum Gasteiger partial charge on any atom is 0.193 e. The fourth-order valence-electron chi connectivity index (χ4n) is 2.76. The number of aromatic nitrogens is 2. The van der Waals surface area contributed by atoms with Crippen molar-refractivity contribution in [2.45, 2.75) is 6.54 Å². The topological polar surface area (TPSA) is 19.7 Å². The minimum absolute atomic E-state index is 0. The molecule has 4 rings (SSSR count). The van der Waals surface area contributed by atoms with Crippen LogP contribution < -0.4 is 21.5 Å². The second-order valence-electron chi connectivity index (χ2n) is 5.25. The number of H-pyrrole nitrogens is 1. The number of hydrogen-bond acceptors (Lipinski definition) is 0. The summed E-state index contributed by atoms with van der Waals surface area (Å²) in [6.45, 7) is 0.885. The first kappa shape index (κ1) is 15.3. The maximum absolute atomic E-state index is 3.54. The molecule has 0 radical (unpaired) electrons. The van der Waals surface area contributed by atoms with E-state index in [-0.39, 0.29) is 17.0 Å². The van der Waals surface area contributed by atoms with Crippen molar-refractivity contribution >= 4 is 37.7 Å². The Hall–Kier alpha value is -1.65. The average molecular weight is 418 g/mol. The molecule has 4 heteroatoms. The molecule has 0 aliphatic carbocycles. The molecule has 0 saturated heterocycles. The van der Waals surface area contributed by atoms with Crippen molar-refractivity contribution < 1.29 is 21.5 Å². The maximum atomic E-state index is 3.54. The Morgan fingerprint density at radius 2 is 1.73 bits per heavy atom. The molecule has 2 nitrogen and oxygen atoms in total. The van der Waals surface area contributed by atoms with Gasteiger partial charge in [0.15, 0.2) is 18.9 Å². The van der Waals surface area contributed by atoms with Gasteiger partial charge in [-0.3, -0.25) is 0 Å². The van der Waals surface area contributed by atoms with Crippen molar-refractivity contribution in [1.29, 1.82) is 0 Å². The smallest absolute Gasteiger partial charge is 0.193 e. The summed E-state index contributed by atoms with van der Waals surface area (Å²) in [5.41, 5.74) is 3.65. The first-order chi connectivity index (χ1) is 10.3. The summed E-state index contributed by atoms with van der Waals surface area (Å²) in [4.78, 5) is 3.49. The monoisotopic (exact) mass is 416 g/mol. The van der Waals surface area contributed by atoms with Crippen LogP contribution in [0.1, 0.15) is 5.56 Å². The van der Waals surface area contributed by atoms with Crippen LogP contribution >= 0.6 is 15.9 Å². The second kappa shape index (κ2) is 6.23. The van der Waals surface area contributed by atoms with E-state index in [1.54, 1.807) is 0 Å². The van der Waals surface area contributed by atoms with Crippen LogP contribution in [0.5, 0.6) is 0 Å². The molecule has 0 aliphatic heterocycles. The molecule has 110 valence electrons. The van der Waals surface area contributed by atoms with Crippen molar-refractivity contribution in [2.24, 2.45) is 0 Å². The van der Waals surface area contributed by atoms with Gasteiger partial charge in [-0.15, -0.1) is 0 Å². The summed E-state index contributed by atoms with van der Waals surface area (Å²) in [5, 5.41) is 2.52. The van der Waals surface area contributed by atoms with E-state index < -0.39 is 0 Å². The molecule has 0 aliphatic rings. The van der Waals surface area contributed by atoms with Crippen molar-refractivity contribution in [3.05, 3.63) is 77.0 Å². The molecule has 0 saturated carbocycles. The van der Waals surface area contributed by atoms with E-state index in [0.29, 0.717) is 0 Å². The van der Waals surface area contributed by atoms with Gasteiger partial charge in [0.2, 0.25) is 0 Å². The van der Waals surface area contributed by atoms with E-state index >= 15 is 0 Å². The molecule has 0 fully saturated rings. The highest BCUT2D eigenvalue weighted by atomic mass is 79.9. The van der Waals surface area contributed by atoms with Gasteiger partial charge in [0.1, 0.15) is 5.52 Å². The van der Waals surface area contributed by atoms with Crippen LogP contribution in [-0.4, -0.2) is 4.98 Å². The standard InChI is InChI=1S/C18H13BrN2.BrH/c19-14-6-7-17-16(10-14)15-8-9-21(12-18(15)20-17)11-13-4-2-1-3-5-13;/h1-10,12H,11H2;1H. The number of pyridine rings is 1. The fourth-order valence-corrected chi connectivity index (χ4v) is 3.12. The van der Waals surface area contributed by atoms with Crippen LogP contribution in [0, 0.1) is 0 Å². The Bertz CT molecular complexity index is 930. The minimum atomic E-state index is 0. The molecule has 4 aromatic rings. The van der Waals surface area contributed by atoms with Gasteiger partial charge < -0.3 is 22.0 Å². The number of nitrogens with zero attached hydrogens (tertiary/aromatic N) is 1. The fraction of sp³-hybridized carbons (Fsp3) is 0.0556. The number of benzene rings is 2. The van der Waals surface area contributed by atoms with E-state index in [1.807, 2.05) is 6.07 Å². The Kier molecular flexibility index (Phi) is 4.32. The van der Waals surface area contributed by atoms with Crippen molar-refractivity contribution in [3.63, 3.8) is 0 Å². The second-order valence-corrected chi connectivity index (χ2v) is 6.16. The predicted octanol–water partition coefficient (Wildman–Crippen LogP) is 1.42. The quantitative estimate of drug-likeness (QED) is 0.476. The normalized spacial score (nSPS) is 10.8. The van der Waals surface area contributed by atoms with Crippen LogP contribution in [0.3, 0.4) is 0 Å². The third kappa shape index (κ3) is 2.81. The van der Waals surface area contributed by atoms with E-state index in [1.165, 1.54) is 27.4 Å². The van der Waals surface area contributed by atoms with Gasteiger partial charge in [-0.25, -0.2) is 0 Å². The molecule has 0 amide bonds. The van der Waals surface area contributed by atoms with Gasteiger partial charge in [-0.05, 0) is 18.2 Å². The first-order valence-electron chi connectivity index (χ1n) is 6.93. The molecule has 1 N–H and O–H groups in total. The van der Waals surface area contributed by atoms with E-state index in [4.69, 9.17) is 0 Å². The number of rotatable bonds is 2. The van der Waals surface area contributed by atoms with Crippen LogP contribution in [0.4, 0.5) is 0 Å². The Balaban J connectivity index is 0.00000144. The average Bonchev–Trinajstić information content (AvgIpc) is 2.85. The highest BCUT2D eigenvalue weighted by Crippen LogP contribution is 2.26. The number of hydrogen-bond donors (Lipinski definition) is 1. The van der Waals surface area contributed by atoms with Gasteiger partial charge in [0.25, 0.3) is 0 Å². The predicted molar refractivity (Wildman–Crippen MR) is 89.2 cm³/mol. The van der Waals surface area contributed by atoms with Gasteiger partial charge in [0, 0.05) is 32.4 Å². The van der Waals surface area contributed by atoms with E-state index in [9.17, 15) is 0 Å². The number of fused-ring (bicyclic) bond motifs is 3. The zero-order valence-electron chi connectivity index (χ0n) is 11.8. The summed E-state index contributed by atoms with van der Waals surface area (Å²) in [7, 11) is 0. The molecular formula is C18H14Br2N2. The zero-order chi connectivity index (χ0) is 14.2. The van der Waals surface area contributed by atoms with Crippen molar-refractivity contribution in [3.8, 4) is 0 Å². The summed E-state index contributed by atoms with van der Waals surface area (Å²) in [6, 6.07) is 19.0. The Morgan fingerprint density at radius 3 is 2.55 bits per heavy atom. The lowest BCUT2D eigenvalue weighted by molar-refractivity contribution is -0.687. The number of aromatic amines is 1. The van der Waals surface area contributed by atoms with Crippen LogP contribution in [0.2, 0.25) is 0 Å². The molecule has 0 atom stereocenters. The van der Waals surface area contributed by atoms with Gasteiger partial charge in [-0.2, -0.15) is 4.57 Å². The Labute approximate surface area is 147 Å². The van der Waals surface area contributed by atoms with Gasteiger partial charge in [0.05, 0.1) is 0 Å². The van der Waals surface area contributed by atoms with Crippen LogP contribution in [0.25, 0.3) is 21.8 Å². The highest BCUT2D eigenvalue weighted by molar-refractivity contribution is 9.10. The molecule has 2 aromatic carbocycles. The lowest BCUT2D eigenvalue weighted by Gasteiger charge is -1.97. The minimum Gasteiger partial charge on any atom is -1.00 e. The highest BCUT2D eigenvalue weighted by Gasteiger charge is 2.09. The lowest BCUT2D eigenvalue weighted by Crippen LogP contribution is -3.00. The van der Waals surface area contributed by atoms with E-state index in [2.05, 4.69) is 86.4 Å². The van der Waals surface area contributed by atoms with Gasteiger partial charge >= 0.3 is 0 Å². The third-order valence-electron chi connectivity index (χ3n) is 3.77. The number of nitrogens with one attached hydrogen (secondary N) is 1. The SMILES string of the molecule is Brc1ccc2[nH]c3c[n+](Cc4ccccc4)ccc3c2c1.[Br-].